The van der Waals surface area contributed by atoms with Crippen LogP contribution in [-0.4, -0.2) is 49.3 Å². The molecule has 10 heteroatoms. The van der Waals surface area contributed by atoms with Crippen LogP contribution in [0.3, 0.4) is 0 Å². The van der Waals surface area contributed by atoms with E-state index in [1.54, 1.807) is 0 Å². The van der Waals surface area contributed by atoms with Gasteiger partial charge >= 0.3 is 19.8 Å². The molecule has 0 heterocycles. The van der Waals surface area contributed by atoms with Crippen molar-refractivity contribution in [2.45, 2.75) is 251 Å². The van der Waals surface area contributed by atoms with Crippen molar-refractivity contribution in [3.8, 4) is 0 Å². The van der Waals surface area contributed by atoms with Gasteiger partial charge in [0.25, 0.3) is 0 Å². The summed E-state index contributed by atoms with van der Waals surface area (Å²) in [6, 6.07) is 0. The highest BCUT2D eigenvalue weighted by Gasteiger charge is 2.26. The van der Waals surface area contributed by atoms with Crippen LogP contribution in [0.2, 0.25) is 0 Å². The zero-order valence-corrected chi connectivity index (χ0v) is 39.4. The first-order valence-electron chi connectivity index (χ1n) is 24.8. The average Bonchev–Trinajstić information content (AvgIpc) is 3.22. The van der Waals surface area contributed by atoms with Crippen LogP contribution in [-0.2, 0) is 32.7 Å². The van der Waals surface area contributed by atoms with Gasteiger partial charge in [-0.3, -0.25) is 18.6 Å². The van der Waals surface area contributed by atoms with Gasteiger partial charge in [0.05, 0.1) is 13.2 Å². The predicted octanol–water partition coefficient (Wildman–Crippen LogP) is 14.7. The maximum atomic E-state index is 12.6. The first-order valence-corrected chi connectivity index (χ1v) is 26.3. The Morgan fingerprint density at radius 2 is 0.881 bits per heavy atom. The van der Waals surface area contributed by atoms with Crippen LogP contribution < -0.4 is 5.73 Å². The summed E-state index contributed by atoms with van der Waals surface area (Å²) in [5.74, 6) is -0.820. The fourth-order valence-corrected chi connectivity index (χ4v) is 7.90. The van der Waals surface area contributed by atoms with Gasteiger partial charge in [0.1, 0.15) is 6.61 Å². The molecule has 0 rings (SSSR count). The Morgan fingerprint density at radius 3 is 1.32 bits per heavy atom. The Balaban J connectivity index is 4.04. The Morgan fingerprint density at radius 1 is 0.508 bits per heavy atom. The van der Waals surface area contributed by atoms with Crippen molar-refractivity contribution in [2.75, 3.05) is 26.4 Å². The van der Waals surface area contributed by atoms with E-state index < -0.39 is 26.5 Å². The van der Waals surface area contributed by atoms with E-state index in [-0.39, 0.29) is 38.6 Å². The Hall–Kier alpha value is -1.51. The second kappa shape index (κ2) is 46.0. The molecule has 0 saturated heterocycles. The molecule has 0 amide bonds. The molecule has 348 valence electrons. The second-order valence-electron chi connectivity index (χ2n) is 16.7. The van der Waals surface area contributed by atoms with Crippen LogP contribution in [0.15, 0.2) is 24.3 Å². The molecule has 3 N–H and O–H groups in total. The molecule has 59 heavy (non-hydrogen) atoms. The first-order chi connectivity index (χ1) is 28.8. The number of rotatable bonds is 47. The summed E-state index contributed by atoms with van der Waals surface area (Å²) < 4.78 is 32.9. The summed E-state index contributed by atoms with van der Waals surface area (Å²) in [4.78, 5) is 35.0. The predicted molar refractivity (Wildman–Crippen MR) is 247 cm³/mol. The van der Waals surface area contributed by atoms with Crippen molar-refractivity contribution in [3.05, 3.63) is 24.3 Å². The summed E-state index contributed by atoms with van der Waals surface area (Å²) in [6.45, 7) is 3.75. The quantitative estimate of drug-likeness (QED) is 0.0265. The molecule has 0 saturated carbocycles. The minimum absolute atomic E-state index is 0.0549. The Labute approximate surface area is 363 Å². The number of esters is 2. The van der Waals surface area contributed by atoms with E-state index in [2.05, 4.69) is 38.2 Å². The van der Waals surface area contributed by atoms with Crippen LogP contribution in [0.5, 0.6) is 0 Å². The molecule has 0 aromatic rings. The highest BCUT2D eigenvalue weighted by atomic mass is 31.2. The largest absolute Gasteiger partial charge is 0.472 e. The van der Waals surface area contributed by atoms with E-state index in [1.807, 2.05) is 0 Å². The lowest BCUT2D eigenvalue weighted by Crippen LogP contribution is -2.29. The molecule has 0 bridgehead atoms. The number of allylic oxidation sites excluding steroid dienone is 4. The molecule has 0 spiro atoms. The average molecular weight is 856 g/mol. The maximum Gasteiger partial charge on any atom is 0.472 e. The molecule has 2 atom stereocenters. The molecule has 0 fully saturated rings. The van der Waals surface area contributed by atoms with E-state index in [0.29, 0.717) is 6.42 Å². The van der Waals surface area contributed by atoms with Gasteiger partial charge in [0, 0.05) is 19.4 Å². The number of nitrogens with two attached hydrogens (primary N) is 1. The number of hydrogen-bond acceptors (Lipinski definition) is 8. The van der Waals surface area contributed by atoms with Crippen molar-refractivity contribution in [2.24, 2.45) is 5.73 Å². The molecule has 0 aromatic heterocycles. The van der Waals surface area contributed by atoms with Crippen molar-refractivity contribution >= 4 is 19.8 Å². The molecule has 0 radical (unpaired) electrons. The number of hydrogen-bond donors (Lipinski definition) is 2. The second-order valence-corrected chi connectivity index (χ2v) is 18.1. The summed E-state index contributed by atoms with van der Waals surface area (Å²) in [7, 11) is -4.38. The third-order valence-electron chi connectivity index (χ3n) is 10.8. The van der Waals surface area contributed by atoms with Gasteiger partial charge in [0.15, 0.2) is 6.10 Å². The first kappa shape index (κ1) is 57.5. The SMILES string of the molecule is CCCCC/C=C/C/C=C/CCCCCCCCCCCC(=O)OC[C@H](COP(=O)(O)OCCN)OC(=O)CCCCCCCCCCCCCCCCCCCCC. The van der Waals surface area contributed by atoms with Gasteiger partial charge in [-0.1, -0.05) is 212 Å². The smallest absolute Gasteiger partial charge is 0.462 e. The lowest BCUT2D eigenvalue weighted by molar-refractivity contribution is -0.161. The molecule has 0 aromatic carbocycles. The van der Waals surface area contributed by atoms with E-state index in [0.717, 1.165) is 38.5 Å². The molecule has 0 aliphatic heterocycles. The number of carbonyl (C=O) groups excluding carboxylic acids is 2. The van der Waals surface area contributed by atoms with Gasteiger partial charge in [-0.15, -0.1) is 0 Å². The zero-order chi connectivity index (χ0) is 43.2. The third kappa shape index (κ3) is 45.8. The summed E-state index contributed by atoms with van der Waals surface area (Å²) in [5, 5.41) is 0. The number of phosphoric ester groups is 1. The minimum atomic E-state index is -4.38. The minimum Gasteiger partial charge on any atom is -0.462 e. The summed E-state index contributed by atoms with van der Waals surface area (Å²) >= 11 is 0. The molecular formula is C49H94NO8P. The van der Waals surface area contributed by atoms with Crippen molar-refractivity contribution in [1.82, 2.24) is 0 Å². The van der Waals surface area contributed by atoms with E-state index >= 15 is 0 Å². The Bertz CT molecular complexity index is 1020. The van der Waals surface area contributed by atoms with Crippen LogP contribution in [0.25, 0.3) is 0 Å². The fraction of sp³-hybridized carbons (Fsp3) is 0.878. The lowest BCUT2D eigenvalue weighted by atomic mass is 10.0. The molecular weight excluding hydrogens is 762 g/mol. The number of phosphoric acid groups is 1. The number of unbranched alkanes of at least 4 members (excludes halogenated alkanes) is 30. The van der Waals surface area contributed by atoms with Crippen LogP contribution >= 0.6 is 7.82 Å². The van der Waals surface area contributed by atoms with Gasteiger partial charge in [0.2, 0.25) is 0 Å². The lowest BCUT2D eigenvalue weighted by Gasteiger charge is -2.19. The summed E-state index contributed by atoms with van der Waals surface area (Å²) in [6.07, 6.45) is 50.6. The van der Waals surface area contributed by atoms with Crippen LogP contribution in [0.1, 0.15) is 245 Å². The summed E-state index contributed by atoms with van der Waals surface area (Å²) in [5.41, 5.74) is 5.36. The van der Waals surface area contributed by atoms with E-state index in [1.165, 1.54) is 173 Å². The van der Waals surface area contributed by atoms with Crippen LogP contribution in [0, 0.1) is 0 Å². The number of carbonyl (C=O) groups is 2. The fourth-order valence-electron chi connectivity index (χ4n) is 7.14. The topological polar surface area (TPSA) is 134 Å². The highest BCUT2D eigenvalue weighted by Crippen LogP contribution is 2.43. The molecule has 0 aliphatic carbocycles. The van der Waals surface area contributed by atoms with E-state index in [4.69, 9.17) is 24.3 Å². The standard InChI is InChI=1S/C49H94NO8P/c1-3-5-7-9-11-13-15-17-19-21-23-25-27-29-31-33-35-37-39-41-48(51)55-45-47(46-57-59(53,54)56-44-43-50)58-49(52)42-40-38-36-34-32-30-28-26-24-22-20-18-16-14-12-10-8-6-4-2/h11,13,17,19,47H,3-10,12,14-16,18,20-46,50H2,1-2H3,(H,53,54)/b13-11+,19-17+/t47-/m1/s1. The van der Waals surface area contributed by atoms with Gasteiger partial charge in [-0.2, -0.15) is 0 Å². The van der Waals surface area contributed by atoms with Gasteiger partial charge in [-0.05, 0) is 44.9 Å². The van der Waals surface area contributed by atoms with E-state index in [9.17, 15) is 19.0 Å². The molecule has 1 unspecified atom stereocenters. The zero-order valence-electron chi connectivity index (χ0n) is 38.5. The van der Waals surface area contributed by atoms with Gasteiger partial charge in [-0.25, -0.2) is 4.57 Å². The van der Waals surface area contributed by atoms with Crippen molar-refractivity contribution < 1.29 is 37.6 Å². The third-order valence-corrected chi connectivity index (χ3v) is 11.8. The molecule has 0 aliphatic rings. The number of ether oxygens (including phenoxy) is 2. The Kier molecular flexibility index (Phi) is 44.8. The highest BCUT2D eigenvalue weighted by molar-refractivity contribution is 7.47. The monoisotopic (exact) mass is 856 g/mol. The van der Waals surface area contributed by atoms with Gasteiger partial charge < -0.3 is 20.1 Å². The molecule has 9 nitrogen and oxygen atoms in total. The maximum absolute atomic E-state index is 12.6. The van der Waals surface area contributed by atoms with Crippen molar-refractivity contribution in [1.29, 1.82) is 0 Å². The van der Waals surface area contributed by atoms with Crippen LogP contribution in [0.4, 0.5) is 0 Å². The van der Waals surface area contributed by atoms with Crippen molar-refractivity contribution in [3.63, 3.8) is 0 Å². The normalized spacial score (nSPS) is 13.4.